The monoisotopic (exact) mass is 442 g/mol. The molecule has 2 aromatic rings. The molecule has 32 heavy (non-hydrogen) atoms. The molecule has 0 saturated carbocycles. The SMILES string of the molecule is CC(C)(C)OC(=O)N1CCC[C@H](CCN2CCC(n3c(=O)[nH]c4ccccc43)CC2)CC1. The Bertz CT molecular complexity index is 965. The fourth-order valence-corrected chi connectivity index (χ4v) is 5.17. The molecule has 0 unspecified atom stereocenters. The van der Waals surface area contributed by atoms with Crippen molar-refractivity contribution in [2.45, 2.75) is 70.9 Å². The van der Waals surface area contributed by atoms with Crippen LogP contribution in [0, 0.1) is 5.92 Å². The number of nitrogens with one attached hydrogen (secondary N) is 1. The molecule has 7 nitrogen and oxygen atoms in total. The Labute approximate surface area is 190 Å². The number of benzene rings is 1. The van der Waals surface area contributed by atoms with E-state index in [0.29, 0.717) is 5.92 Å². The summed E-state index contributed by atoms with van der Waals surface area (Å²) in [5.74, 6) is 0.663. The number of rotatable bonds is 4. The van der Waals surface area contributed by atoms with Crippen molar-refractivity contribution in [3.05, 3.63) is 34.7 Å². The summed E-state index contributed by atoms with van der Waals surface area (Å²) in [5.41, 5.74) is 1.52. The van der Waals surface area contributed by atoms with Crippen LogP contribution in [0.1, 0.15) is 65.3 Å². The number of imidazole rings is 1. The van der Waals surface area contributed by atoms with Gasteiger partial charge in [-0.2, -0.15) is 0 Å². The number of H-pyrrole nitrogens is 1. The Morgan fingerprint density at radius 3 is 2.56 bits per heavy atom. The van der Waals surface area contributed by atoms with E-state index in [2.05, 4.69) is 9.88 Å². The van der Waals surface area contributed by atoms with Crippen molar-refractivity contribution in [1.82, 2.24) is 19.4 Å². The van der Waals surface area contributed by atoms with Crippen LogP contribution >= 0.6 is 0 Å². The minimum atomic E-state index is -0.438. The highest BCUT2D eigenvalue weighted by atomic mass is 16.6. The number of fused-ring (bicyclic) bond motifs is 1. The quantitative estimate of drug-likeness (QED) is 0.762. The summed E-state index contributed by atoms with van der Waals surface area (Å²) in [7, 11) is 0. The zero-order valence-corrected chi connectivity index (χ0v) is 19.8. The first-order chi connectivity index (χ1) is 15.3. The lowest BCUT2D eigenvalue weighted by Crippen LogP contribution is -2.38. The van der Waals surface area contributed by atoms with Gasteiger partial charge in [0.2, 0.25) is 0 Å². The number of likely N-dealkylation sites (tertiary alicyclic amines) is 2. The lowest BCUT2D eigenvalue weighted by Gasteiger charge is -2.33. The van der Waals surface area contributed by atoms with Crippen molar-refractivity contribution in [3.8, 4) is 0 Å². The van der Waals surface area contributed by atoms with E-state index in [1.165, 1.54) is 12.8 Å². The summed E-state index contributed by atoms with van der Waals surface area (Å²) in [6.07, 6.45) is 6.32. The summed E-state index contributed by atoms with van der Waals surface area (Å²) in [6, 6.07) is 8.24. The Kier molecular flexibility index (Phi) is 6.93. The summed E-state index contributed by atoms with van der Waals surface area (Å²) < 4.78 is 7.51. The first-order valence-corrected chi connectivity index (χ1v) is 12.2. The van der Waals surface area contributed by atoms with E-state index in [9.17, 15) is 9.59 Å². The van der Waals surface area contributed by atoms with Gasteiger partial charge in [0.25, 0.3) is 0 Å². The molecule has 0 bridgehead atoms. The number of carbonyl (C=O) groups is 1. The Balaban J connectivity index is 1.23. The molecule has 2 saturated heterocycles. The van der Waals surface area contributed by atoms with Crippen LogP contribution in [0.3, 0.4) is 0 Å². The van der Waals surface area contributed by atoms with Gasteiger partial charge in [-0.15, -0.1) is 0 Å². The molecule has 2 fully saturated rings. The average molecular weight is 443 g/mol. The first kappa shape index (κ1) is 22.9. The second kappa shape index (κ2) is 9.69. The zero-order valence-electron chi connectivity index (χ0n) is 19.8. The third-order valence-electron chi connectivity index (χ3n) is 6.90. The number of carbonyl (C=O) groups excluding carboxylic acids is 1. The minimum Gasteiger partial charge on any atom is -0.444 e. The predicted octanol–water partition coefficient (Wildman–Crippen LogP) is 4.39. The van der Waals surface area contributed by atoms with Crippen LogP contribution in [-0.2, 0) is 4.74 Å². The van der Waals surface area contributed by atoms with E-state index in [0.717, 1.165) is 69.4 Å². The minimum absolute atomic E-state index is 0.0117. The van der Waals surface area contributed by atoms with Crippen molar-refractivity contribution in [2.24, 2.45) is 5.92 Å². The van der Waals surface area contributed by atoms with Crippen molar-refractivity contribution in [1.29, 1.82) is 0 Å². The smallest absolute Gasteiger partial charge is 0.410 e. The van der Waals surface area contributed by atoms with E-state index < -0.39 is 5.60 Å². The Morgan fingerprint density at radius 2 is 1.81 bits per heavy atom. The van der Waals surface area contributed by atoms with Crippen molar-refractivity contribution >= 4 is 17.1 Å². The van der Waals surface area contributed by atoms with Gasteiger partial charge in [0.1, 0.15) is 5.60 Å². The van der Waals surface area contributed by atoms with Gasteiger partial charge < -0.3 is 19.5 Å². The Morgan fingerprint density at radius 1 is 1.06 bits per heavy atom. The lowest BCUT2D eigenvalue weighted by atomic mass is 9.96. The molecule has 1 amide bonds. The fourth-order valence-electron chi connectivity index (χ4n) is 5.17. The highest BCUT2D eigenvalue weighted by Crippen LogP contribution is 2.27. The van der Waals surface area contributed by atoms with E-state index >= 15 is 0 Å². The van der Waals surface area contributed by atoms with Crippen LogP contribution < -0.4 is 5.69 Å². The number of hydrogen-bond donors (Lipinski definition) is 1. The molecule has 0 aliphatic carbocycles. The van der Waals surface area contributed by atoms with Gasteiger partial charge in [-0.1, -0.05) is 12.1 Å². The van der Waals surface area contributed by atoms with Crippen molar-refractivity contribution < 1.29 is 9.53 Å². The van der Waals surface area contributed by atoms with Gasteiger partial charge in [0.15, 0.2) is 0 Å². The van der Waals surface area contributed by atoms with Gasteiger partial charge in [0, 0.05) is 32.2 Å². The molecular weight excluding hydrogens is 404 g/mol. The third kappa shape index (κ3) is 5.55. The number of hydrogen-bond acceptors (Lipinski definition) is 4. The maximum atomic E-state index is 12.5. The highest BCUT2D eigenvalue weighted by Gasteiger charge is 2.27. The summed E-state index contributed by atoms with van der Waals surface area (Å²) in [6.45, 7) is 10.5. The van der Waals surface area contributed by atoms with Crippen molar-refractivity contribution in [3.63, 3.8) is 0 Å². The number of aromatic nitrogens is 2. The number of ether oxygens (including phenoxy) is 1. The number of amides is 1. The molecule has 2 aliphatic heterocycles. The standard InChI is InChI=1S/C25H38N4O3/c1-25(2,3)32-24(31)28-14-6-7-19(11-18-28)10-15-27-16-12-20(13-17-27)29-22-9-5-4-8-21(22)26-23(29)30/h4-5,8-9,19-20H,6-7,10-18H2,1-3H3,(H,26,30)/t19-/m1/s1. The van der Waals surface area contributed by atoms with Crippen LogP contribution in [0.2, 0.25) is 0 Å². The molecule has 176 valence electrons. The topological polar surface area (TPSA) is 70.6 Å². The number of aromatic amines is 1. The molecule has 2 aliphatic rings. The number of para-hydroxylation sites is 2. The van der Waals surface area contributed by atoms with Crippen molar-refractivity contribution in [2.75, 3.05) is 32.7 Å². The van der Waals surface area contributed by atoms with Crippen LogP contribution in [-0.4, -0.2) is 63.8 Å². The molecule has 4 rings (SSSR count). The maximum absolute atomic E-state index is 12.5. The molecule has 1 aromatic carbocycles. The predicted molar refractivity (Wildman–Crippen MR) is 127 cm³/mol. The van der Waals surface area contributed by atoms with Crippen LogP contribution in [0.4, 0.5) is 4.79 Å². The van der Waals surface area contributed by atoms with Gasteiger partial charge in [0.05, 0.1) is 11.0 Å². The second-order valence-corrected chi connectivity index (χ2v) is 10.4. The number of piperidine rings is 1. The van der Waals surface area contributed by atoms with E-state index in [1.807, 2.05) is 54.5 Å². The van der Waals surface area contributed by atoms with Gasteiger partial charge >= 0.3 is 11.8 Å². The molecule has 3 heterocycles. The van der Waals surface area contributed by atoms with Crippen LogP contribution in [0.5, 0.6) is 0 Å². The van der Waals surface area contributed by atoms with Gasteiger partial charge in [-0.3, -0.25) is 4.57 Å². The van der Waals surface area contributed by atoms with Crippen LogP contribution in [0.25, 0.3) is 11.0 Å². The molecule has 0 spiro atoms. The normalized spacial score (nSPS) is 21.6. The van der Waals surface area contributed by atoms with Gasteiger partial charge in [-0.25, -0.2) is 9.59 Å². The molecule has 1 aromatic heterocycles. The highest BCUT2D eigenvalue weighted by molar-refractivity contribution is 5.75. The molecule has 1 atom stereocenters. The summed E-state index contributed by atoms with van der Waals surface area (Å²) in [4.78, 5) is 32.3. The molecule has 1 N–H and O–H groups in total. The van der Waals surface area contributed by atoms with E-state index in [4.69, 9.17) is 4.74 Å². The fraction of sp³-hybridized carbons (Fsp3) is 0.680. The second-order valence-electron chi connectivity index (χ2n) is 10.4. The largest absolute Gasteiger partial charge is 0.444 e. The lowest BCUT2D eigenvalue weighted by molar-refractivity contribution is 0.0255. The van der Waals surface area contributed by atoms with E-state index in [-0.39, 0.29) is 17.8 Å². The van der Waals surface area contributed by atoms with Crippen LogP contribution in [0.15, 0.2) is 29.1 Å². The summed E-state index contributed by atoms with van der Waals surface area (Å²) >= 11 is 0. The summed E-state index contributed by atoms with van der Waals surface area (Å²) in [5, 5.41) is 0. The third-order valence-corrected chi connectivity index (χ3v) is 6.90. The molecule has 7 heteroatoms. The average Bonchev–Trinajstić information content (AvgIpc) is 2.91. The first-order valence-electron chi connectivity index (χ1n) is 12.2. The van der Waals surface area contributed by atoms with E-state index in [1.54, 1.807) is 0 Å². The maximum Gasteiger partial charge on any atom is 0.410 e. The molecular formula is C25H38N4O3. The molecule has 0 radical (unpaired) electrons. The van der Waals surface area contributed by atoms with Gasteiger partial charge in [-0.05, 0) is 83.9 Å². The number of nitrogens with zero attached hydrogens (tertiary/aromatic N) is 3. The zero-order chi connectivity index (χ0) is 22.7. The Hall–Kier alpha value is -2.28.